The first-order valence-electron chi connectivity index (χ1n) is 5.90. The molecule has 20 heavy (non-hydrogen) atoms. The summed E-state index contributed by atoms with van der Waals surface area (Å²) >= 11 is 3.32. The first-order valence-corrected chi connectivity index (χ1v) is 6.70. The molecule has 0 amide bonds. The van der Waals surface area contributed by atoms with Crippen molar-refractivity contribution in [1.29, 1.82) is 0 Å². The molecule has 1 aliphatic heterocycles. The molecule has 8 heteroatoms. The van der Waals surface area contributed by atoms with Crippen molar-refractivity contribution < 1.29 is 23.6 Å². The molecular formula is C12H13BBrNO5. The van der Waals surface area contributed by atoms with Crippen LogP contribution in [0.15, 0.2) is 22.7 Å². The van der Waals surface area contributed by atoms with Crippen LogP contribution < -0.4 is 10.2 Å². The Kier molecular flexibility index (Phi) is 4.67. The lowest BCUT2D eigenvalue weighted by atomic mass is 9.77. The Morgan fingerprint density at radius 3 is 2.40 bits per heavy atom. The number of nitrogens with zero attached hydrogens (tertiary/aromatic N) is 1. The van der Waals surface area contributed by atoms with Gasteiger partial charge >= 0.3 is 19.1 Å². The number of benzene rings is 1. The number of hydrogen-bond acceptors (Lipinski definition) is 6. The highest BCUT2D eigenvalue weighted by molar-refractivity contribution is 9.10. The Hall–Kier alpha value is -1.54. The molecule has 0 radical (unpaired) electrons. The number of likely N-dealkylation sites (N-methyl/N-ethyl adjacent to an activating group) is 1. The van der Waals surface area contributed by atoms with E-state index in [0.29, 0.717) is 11.2 Å². The van der Waals surface area contributed by atoms with Gasteiger partial charge in [0.25, 0.3) is 0 Å². The number of methoxy groups -OCH3 is 1. The number of carbonyl (C=O) groups excluding carboxylic acids is 2. The fourth-order valence-electron chi connectivity index (χ4n) is 1.85. The molecule has 2 rings (SSSR count). The summed E-state index contributed by atoms with van der Waals surface area (Å²) in [7, 11) is 2.03. The second kappa shape index (κ2) is 6.28. The van der Waals surface area contributed by atoms with Gasteiger partial charge in [-0.05, 0) is 25.2 Å². The molecule has 0 N–H and O–H groups in total. The molecule has 0 atom stereocenters. The number of carbonyl (C=O) groups is 2. The average Bonchev–Trinajstić information content (AvgIpc) is 2.35. The van der Waals surface area contributed by atoms with E-state index < -0.39 is 19.1 Å². The zero-order valence-corrected chi connectivity index (χ0v) is 12.7. The van der Waals surface area contributed by atoms with Gasteiger partial charge in [0.1, 0.15) is 5.75 Å². The molecule has 0 spiro atoms. The summed E-state index contributed by atoms with van der Waals surface area (Å²) in [5, 5.41) is 0. The van der Waals surface area contributed by atoms with Crippen molar-refractivity contribution in [2.75, 3.05) is 27.2 Å². The highest BCUT2D eigenvalue weighted by Crippen LogP contribution is 2.16. The van der Waals surface area contributed by atoms with Crippen molar-refractivity contribution in [2.45, 2.75) is 0 Å². The van der Waals surface area contributed by atoms with Crippen LogP contribution in [0.5, 0.6) is 5.75 Å². The molecule has 0 saturated carbocycles. The SMILES string of the molecule is COc1ccc(Br)cc1B1OC(=O)CN(C)CC(=O)O1. The summed E-state index contributed by atoms with van der Waals surface area (Å²) < 4.78 is 16.3. The maximum Gasteiger partial charge on any atom is 0.640 e. The van der Waals surface area contributed by atoms with Crippen molar-refractivity contribution in [3.63, 3.8) is 0 Å². The first kappa shape index (κ1) is 14.9. The predicted molar refractivity (Wildman–Crippen MR) is 75.8 cm³/mol. The van der Waals surface area contributed by atoms with Crippen LogP contribution in [0.25, 0.3) is 0 Å². The van der Waals surface area contributed by atoms with Gasteiger partial charge in [-0.3, -0.25) is 14.5 Å². The normalized spacial score (nSPS) is 17.1. The van der Waals surface area contributed by atoms with Crippen LogP contribution in [0, 0.1) is 0 Å². The highest BCUT2D eigenvalue weighted by atomic mass is 79.9. The summed E-state index contributed by atoms with van der Waals surface area (Å²) in [5.74, 6) is -0.452. The molecule has 0 unspecified atom stereocenters. The number of ether oxygens (including phenoxy) is 1. The van der Waals surface area contributed by atoms with E-state index in [1.807, 2.05) is 0 Å². The number of rotatable bonds is 2. The second-order valence-electron chi connectivity index (χ2n) is 4.37. The van der Waals surface area contributed by atoms with Crippen LogP contribution in [0.2, 0.25) is 0 Å². The van der Waals surface area contributed by atoms with E-state index in [-0.39, 0.29) is 13.1 Å². The van der Waals surface area contributed by atoms with E-state index in [1.54, 1.807) is 25.2 Å². The summed E-state index contributed by atoms with van der Waals surface area (Å²) in [4.78, 5) is 25.0. The van der Waals surface area contributed by atoms with E-state index >= 15 is 0 Å². The fraction of sp³-hybridized carbons (Fsp3) is 0.333. The second-order valence-corrected chi connectivity index (χ2v) is 5.29. The molecule has 0 bridgehead atoms. The molecule has 0 aliphatic carbocycles. The van der Waals surface area contributed by atoms with Crippen molar-refractivity contribution in [3.8, 4) is 5.75 Å². The van der Waals surface area contributed by atoms with Crippen molar-refractivity contribution in [3.05, 3.63) is 22.7 Å². The summed E-state index contributed by atoms with van der Waals surface area (Å²) in [5.41, 5.74) is 0.480. The summed E-state index contributed by atoms with van der Waals surface area (Å²) in [6.45, 7) is 0.0594. The third-order valence-corrected chi connectivity index (χ3v) is 3.21. The molecule has 1 aromatic carbocycles. The summed E-state index contributed by atoms with van der Waals surface area (Å²) in [6.07, 6.45) is 0. The molecule has 6 nitrogen and oxygen atoms in total. The minimum Gasteiger partial charge on any atom is -0.497 e. The highest BCUT2D eigenvalue weighted by Gasteiger charge is 2.36. The van der Waals surface area contributed by atoms with E-state index in [9.17, 15) is 9.59 Å². The van der Waals surface area contributed by atoms with Crippen molar-refractivity contribution in [2.24, 2.45) is 0 Å². The molecule has 1 aromatic rings. The van der Waals surface area contributed by atoms with E-state index in [2.05, 4.69) is 15.9 Å². The lowest BCUT2D eigenvalue weighted by Gasteiger charge is -2.23. The summed E-state index contributed by atoms with van der Waals surface area (Å²) in [6, 6.07) is 5.17. The van der Waals surface area contributed by atoms with Gasteiger partial charge in [-0.1, -0.05) is 15.9 Å². The third kappa shape index (κ3) is 3.52. The fourth-order valence-corrected chi connectivity index (χ4v) is 2.23. The van der Waals surface area contributed by atoms with Crippen LogP contribution in [0.1, 0.15) is 0 Å². The maximum absolute atomic E-state index is 11.7. The monoisotopic (exact) mass is 341 g/mol. The van der Waals surface area contributed by atoms with Crippen LogP contribution in [0.4, 0.5) is 0 Å². The zero-order valence-electron chi connectivity index (χ0n) is 11.1. The average molecular weight is 342 g/mol. The molecular weight excluding hydrogens is 329 g/mol. The zero-order chi connectivity index (χ0) is 14.7. The van der Waals surface area contributed by atoms with Gasteiger partial charge in [-0.25, -0.2) is 0 Å². The van der Waals surface area contributed by atoms with Crippen LogP contribution in [-0.4, -0.2) is 51.2 Å². The van der Waals surface area contributed by atoms with Gasteiger partial charge in [0.2, 0.25) is 0 Å². The molecule has 106 valence electrons. The lowest BCUT2D eigenvalue weighted by Crippen LogP contribution is -2.48. The molecule has 1 aliphatic rings. The van der Waals surface area contributed by atoms with Crippen LogP contribution >= 0.6 is 15.9 Å². The largest absolute Gasteiger partial charge is 0.640 e. The molecule has 1 fully saturated rings. The minimum absolute atomic E-state index is 0.0297. The Labute approximate surface area is 125 Å². The Bertz CT molecular complexity index is 519. The van der Waals surface area contributed by atoms with Gasteiger partial charge in [-0.2, -0.15) is 0 Å². The smallest absolute Gasteiger partial charge is 0.497 e. The van der Waals surface area contributed by atoms with E-state index in [1.165, 1.54) is 12.0 Å². The molecule has 0 aromatic heterocycles. The van der Waals surface area contributed by atoms with Gasteiger partial charge < -0.3 is 14.0 Å². The van der Waals surface area contributed by atoms with Crippen LogP contribution in [0.3, 0.4) is 0 Å². The van der Waals surface area contributed by atoms with Crippen molar-refractivity contribution >= 4 is 40.4 Å². The predicted octanol–water partition coefficient (Wildman–Crippen LogP) is 0.185. The van der Waals surface area contributed by atoms with E-state index in [4.69, 9.17) is 14.0 Å². The molecule has 1 heterocycles. The Balaban J connectivity index is 2.32. The van der Waals surface area contributed by atoms with Gasteiger partial charge in [0, 0.05) is 4.47 Å². The minimum atomic E-state index is -1.10. The Morgan fingerprint density at radius 1 is 1.25 bits per heavy atom. The van der Waals surface area contributed by atoms with Gasteiger partial charge in [0.15, 0.2) is 0 Å². The van der Waals surface area contributed by atoms with Gasteiger partial charge in [0.05, 0.1) is 25.7 Å². The van der Waals surface area contributed by atoms with E-state index in [0.717, 1.165) is 4.47 Å². The van der Waals surface area contributed by atoms with Crippen molar-refractivity contribution in [1.82, 2.24) is 4.90 Å². The topological polar surface area (TPSA) is 65.1 Å². The number of halogens is 1. The Morgan fingerprint density at radius 2 is 1.85 bits per heavy atom. The maximum atomic E-state index is 11.7. The molecule has 1 saturated heterocycles. The van der Waals surface area contributed by atoms with Crippen LogP contribution in [-0.2, 0) is 18.9 Å². The first-order chi connectivity index (χ1) is 9.49. The quantitative estimate of drug-likeness (QED) is 0.715. The van der Waals surface area contributed by atoms with Gasteiger partial charge in [-0.15, -0.1) is 0 Å². The third-order valence-electron chi connectivity index (χ3n) is 2.72. The number of hydrogen-bond donors (Lipinski definition) is 0. The standard InChI is InChI=1S/C12H13BBrNO5/c1-15-6-11(16)19-13(20-12(17)7-15)9-5-8(14)3-4-10(9)18-2/h3-5H,6-7H2,1-2H3. The lowest BCUT2D eigenvalue weighted by molar-refractivity contribution is -0.145.